The van der Waals surface area contributed by atoms with Crippen molar-refractivity contribution in [3.63, 3.8) is 0 Å². The molecule has 1 aliphatic carbocycles. The number of hydrogen-bond acceptors (Lipinski definition) is 3. The van der Waals surface area contributed by atoms with Crippen LogP contribution < -0.4 is 10.1 Å². The minimum Gasteiger partial charge on any atom is -0.484 e. The molecule has 1 aliphatic rings. The minimum absolute atomic E-state index is 0.115. The summed E-state index contributed by atoms with van der Waals surface area (Å²) in [5, 5.41) is 3.76. The number of benzene rings is 2. The van der Waals surface area contributed by atoms with E-state index >= 15 is 0 Å². The van der Waals surface area contributed by atoms with Crippen molar-refractivity contribution >= 4 is 23.4 Å². The van der Waals surface area contributed by atoms with E-state index in [1.54, 1.807) is 30.0 Å². The van der Waals surface area contributed by atoms with Crippen LogP contribution in [0.4, 0.5) is 0 Å². The normalized spacial score (nSPS) is 14.8. The van der Waals surface area contributed by atoms with Gasteiger partial charge in [-0.3, -0.25) is 9.59 Å². The summed E-state index contributed by atoms with van der Waals surface area (Å²) in [4.78, 5) is 27.7. The molecule has 1 fully saturated rings. The minimum atomic E-state index is -0.594. The molecular weight excluding hydrogens is 412 g/mol. The zero-order valence-corrected chi connectivity index (χ0v) is 19.2. The van der Waals surface area contributed by atoms with Gasteiger partial charge in [-0.1, -0.05) is 48.7 Å². The molecule has 31 heavy (non-hydrogen) atoms. The number of amides is 2. The molecule has 6 heteroatoms. The smallest absolute Gasteiger partial charge is 0.261 e. The van der Waals surface area contributed by atoms with Gasteiger partial charge in [0.1, 0.15) is 11.8 Å². The third-order valence-corrected chi connectivity index (χ3v) is 6.39. The molecular formula is C25H31ClN2O3. The highest BCUT2D eigenvalue weighted by Gasteiger charge is 2.29. The van der Waals surface area contributed by atoms with Crippen LogP contribution in [0.2, 0.25) is 5.02 Å². The Morgan fingerprint density at radius 3 is 2.52 bits per heavy atom. The Kier molecular flexibility index (Phi) is 7.97. The van der Waals surface area contributed by atoms with Gasteiger partial charge in [0, 0.05) is 17.6 Å². The molecule has 0 bridgehead atoms. The number of carbonyl (C=O) groups is 2. The second-order valence-electron chi connectivity index (χ2n) is 8.31. The van der Waals surface area contributed by atoms with Crippen LogP contribution in [0.15, 0.2) is 42.5 Å². The summed E-state index contributed by atoms with van der Waals surface area (Å²) in [6.45, 7) is 5.89. The molecule has 1 atom stereocenters. The lowest BCUT2D eigenvalue weighted by atomic mass is 10.1. The number of rotatable bonds is 8. The number of nitrogens with one attached hydrogen (secondary N) is 1. The zero-order valence-electron chi connectivity index (χ0n) is 18.5. The SMILES string of the molecule is Cc1cc(OCC(=O)N(Cc2ccccc2C)[C@H](C)C(=O)NC2CCCC2)ccc1Cl. The lowest BCUT2D eigenvalue weighted by Gasteiger charge is -2.30. The van der Waals surface area contributed by atoms with Crippen molar-refractivity contribution in [2.75, 3.05) is 6.61 Å². The number of aryl methyl sites for hydroxylation is 2. The molecule has 0 radical (unpaired) electrons. The van der Waals surface area contributed by atoms with Crippen LogP contribution in [-0.2, 0) is 16.1 Å². The van der Waals surface area contributed by atoms with Crippen molar-refractivity contribution in [2.24, 2.45) is 0 Å². The number of halogens is 1. The summed E-state index contributed by atoms with van der Waals surface area (Å²) < 4.78 is 5.73. The molecule has 1 N–H and O–H groups in total. The first-order valence-corrected chi connectivity index (χ1v) is 11.3. The Balaban J connectivity index is 1.73. The van der Waals surface area contributed by atoms with Gasteiger partial charge in [0.25, 0.3) is 5.91 Å². The van der Waals surface area contributed by atoms with E-state index in [2.05, 4.69) is 5.32 Å². The molecule has 0 aromatic heterocycles. The zero-order chi connectivity index (χ0) is 22.4. The van der Waals surface area contributed by atoms with Gasteiger partial charge in [0.15, 0.2) is 6.61 Å². The molecule has 2 aromatic carbocycles. The van der Waals surface area contributed by atoms with Crippen LogP contribution >= 0.6 is 11.6 Å². The van der Waals surface area contributed by atoms with E-state index in [9.17, 15) is 9.59 Å². The number of ether oxygens (including phenoxy) is 1. The molecule has 166 valence electrons. The van der Waals surface area contributed by atoms with Crippen LogP contribution in [0.5, 0.6) is 5.75 Å². The average Bonchev–Trinajstić information content (AvgIpc) is 3.26. The Hall–Kier alpha value is -2.53. The number of carbonyl (C=O) groups excluding carboxylic acids is 2. The molecule has 2 aromatic rings. The van der Waals surface area contributed by atoms with Gasteiger partial charge in [-0.2, -0.15) is 0 Å². The second kappa shape index (κ2) is 10.7. The summed E-state index contributed by atoms with van der Waals surface area (Å²) in [6, 6.07) is 12.8. The predicted molar refractivity (Wildman–Crippen MR) is 123 cm³/mol. The van der Waals surface area contributed by atoms with Gasteiger partial charge in [0.2, 0.25) is 5.91 Å². The van der Waals surface area contributed by atoms with Gasteiger partial charge in [-0.05, 0) is 68.5 Å². The summed E-state index contributed by atoms with van der Waals surface area (Å²) in [5.74, 6) is 0.232. The fraction of sp³-hybridized carbons (Fsp3) is 0.440. The first-order chi connectivity index (χ1) is 14.8. The van der Waals surface area contributed by atoms with Gasteiger partial charge in [-0.25, -0.2) is 0 Å². The molecule has 0 unspecified atom stereocenters. The van der Waals surface area contributed by atoms with Gasteiger partial charge in [0.05, 0.1) is 0 Å². The van der Waals surface area contributed by atoms with E-state index in [1.165, 1.54) is 0 Å². The van der Waals surface area contributed by atoms with E-state index in [1.807, 2.05) is 38.1 Å². The third-order valence-electron chi connectivity index (χ3n) is 5.96. The van der Waals surface area contributed by atoms with Crippen molar-refractivity contribution in [3.05, 3.63) is 64.2 Å². The fourth-order valence-corrected chi connectivity index (χ4v) is 4.00. The van der Waals surface area contributed by atoms with Crippen molar-refractivity contribution in [2.45, 2.75) is 65.1 Å². The van der Waals surface area contributed by atoms with Crippen molar-refractivity contribution < 1.29 is 14.3 Å². The Morgan fingerprint density at radius 1 is 1.13 bits per heavy atom. The Labute approximate surface area is 189 Å². The summed E-state index contributed by atoms with van der Waals surface area (Å²) in [6.07, 6.45) is 4.28. The summed E-state index contributed by atoms with van der Waals surface area (Å²) in [7, 11) is 0. The number of nitrogens with zero attached hydrogens (tertiary/aromatic N) is 1. The molecule has 2 amide bonds. The molecule has 0 aliphatic heterocycles. The highest BCUT2D eigenvalue weighted by molar-refractivity contribution is 6.31. The summed E-state index contributed by atoms with van der Waals surface area (Å²) in [5.41, 5.74) is 2.98. The van der Waals surface area contributed by atoms with Crippen LogP contribution in [0, 0.1) is 13.8 Å². The van der Waals surface area contributed by atoms with E-state index < -0.39 is 6.04 Å². The van der Waals surface area contributed by atoms with E-state index in [0.717, 1.165) is 42.4 Å². The maximum Gasteiger partial charge on any atom is 0.261 e. The van der Waals surface area contributed by atoms with Gasteiger partial charge < -0.3 is 15.0 Å². The van der Waals surface area contributed by atoms with Crippen LogP contribution in [0.25, 0.3) is 0 Å². The van der Waals surface area contributed by atoms with Gasteiger partial charge >= 0.3 is 0 Å². The molecule has 0 heterocycles. The monoisotopic (exact) mass is 442 g/mol. The Morgan fingerprint density at radius 2 is 1.84 bits per heavy atom. The molecule has 3 rings (SSSR count). The molecule has 0 spiro atoms. The van der Waals surface area contributed by atoms with Crippen LogP contribution in [0.3, 0.4) is 0 Å². The lowest BCUT2D eigenvalue weighted by Crippen LogP contribution is -2.50. The molecule has 0 saturated heterocycles. The number of hydrogen-bond donors (Lipinski definition) is 1. The maximum absolute atomic E-state index is 13.2. The standard InChI is InChI=1S/C25H31ClN2O3/c1-17-8-4-5-9-20(17)15-28(19(3)25(30)27-21-10-6-7-11-21)24(29)16-31-22-12-13-23(26)18(2)14-22/h4-5,8-9,12-14,19,21H,6-7,10-11,15-16H2,1-3H3,(H,27,30)/t19-/m1/s1. The van der Waals surface area contributed by atoms with Gasteiger partial charge in [-0.15, -0.1) is 0 Å². The first kappa shape index (κ1) is 23.1. The predicted octanol–water partition coefficient (Wildman–Crippen LogP) is 4.81. The lowest BCUT2D eigenvalue weighted by molar-refractivity contribution is -0.142. The van der Waals surface area contributed by atoms with Crippen molar-refractivity contribution in [1.82, 2.24) is 10.2 Å². The topological polar surface area (TPSA) is 58.6 Å². The van der Waals surface area contributed by atoms with E-state index in [4.69, 9.17) is 16.3 Å². The quantitative estimate of drug-likeness (QED) is 0.638. The van der Waals surface area contributed by atoms with Crippen LogP contribution in [-0.4, -0.2) is 35.4 Å². The fourth-order valence-electron chi connectivity index (χ4n) is 3.88. The van der Waals surface area contributed by atoms with Crippen molar-refractivity contribution in [1.29, 1.82) is 0 Å². The first-order valence-electron chi connectivity index (χ1n) is 10.9. The van der Waals surface area contributed by atoms with E-state index in [-0.39, 0.29) is 24.5 Å². The third kappa shape index (κ3) is 6.23. The van der Waals surface area contributed by atoms with Crippen molar-refractivity contribution in [3.8, 4) is 5.75 Å². The molecule has 1 saturated carbocycles. The highest BCUT2D eigenvalue weighted by atomic mass is 35.5. The second-order valence-corrected chi connectivity index (χ2v) is 8.72. The maximum atomic E-state index is 13.2. The molecule has 5 nitrogen and oxygen atoms in total. The average molecular weight is 443 g/mol. The highest BCUT2D eigenvalue weighted by Crippen LogP contribution is 2.22. The van der Waals surface area contributed by atoms with E-state index in [0.29, 0.717) is 17.3 Å². The summed E-state index contributed by atoms with van der Waals surface area (Å²) >= 11 is 6.07. The Bertz CT molecular complexity index is 925. The largest absolute Gasteiger partial charge is 0.484 e. The van der Waals surface area contributed by atoms with Crippen LogP contribution in [0.1, 0.15) is 49.3 Å².